The molecule has 0 spiro atoms. The molecule has 1 N–H and O–H groups in total. The lowest BCUT2D eigenvalue weighted by Crippen LogP contribution is -2.02. The Morgan fingerprint density at radius 2 is 1.71 bits per heavy atom. The number of carbonyl (C=O) groups is 1. The Kier molecular flexibility index (Phi) is 2.31. The molecule has 1 aliphatic rings. The fraction of sp³-hybridized carbons (Fsp3) is 0.167. The summed E-state index contributed by atoms with van der Waals surface area (Å²) in [6, 6.07) is 13.3. The molecule has 1 heterocycles. The number of phenols is 1. The Morgan fingerprint density at radius 3 is 2.43 bits per heavy atom. The number of aromatic hydroxyl groups is 1. The Morgan fingerprint density at radius 1 is 1.00 bits per heavy atom. The number of rotatable bonds is 1. The number of hydrogen-bond acceptors (Lipinski definition) is 2. The molecule has 0 saturated carbocycles. The summed E-state index contributed by atoms with van der Waals surface area (Å²) in [4.78, 5) is 12.8. The quantitative estimate of drug-likeness (QED) is 0.568. The third-order valence-corrected chi connectivity index (χ3v) is 4.18. The summed E-state index contributed by atoms with van der Waals surface area (Å²) in [5.74, 6) is 0.177. The van der Waals surface area contributed by atoms with Gasteiger partial charge in [-0.15, -0.1) is 0 Å². The second kappa shape index (κ2) is 3.98. The molecule has 104 valence electrons. The van der Waals surface area contributed by atoms with Crippen molar-refractivity contribution in [1.82, 2.24) is 4.57 Å². The molecule has 2 aromatic carbocycles. The van der Waals surface area contributed by atoms with Crippen LogP contribution in [-0.2, 0) is 0 Å². The van der Waals surface area contributed by atoms with Gasteiger partial charge in [-0.1, -0.05) is 30.3 Å². The van der Waals surface area contributed by atoms with Crippen LogP contribution in [0.4, 0.5) is 0 Å². The summed E-state index contributed by atoms with van der Waals surface area (Å²) in [6.45, 7) is 4.18. The van der Waals surface area contributed by atoms with Gasteiger partial charge in [0.05, 0.1) is 22.2 Å². The van der Waals surface area contributed by atoms with Crippen LogP contribution in [0.25, 0.3) is 22.2 Å². The predicted molar refractivity (Wildman–Crippen MR) is 82.9 cm³/mol. The van der Waals surface area contributed by atoms with Crippen molar-refractivity contribution in [1.29, 1.82) is 0 Å². The number of aromatic nitrogens is 1. The highest BCUT2D eigenvalue weighted by atomic mass is 16.3. The van der Waals surface area contributed by atoms with Gasteiger partial charge in [0, 0.05) is 17.2 Å². The second-order valence-corrected chi connectivity index (χ2v) is 5.73. The minimum Gasteiger partial charge on any atom is -0.507 e. The average molecular weight is 277 g/mol. The van der Waals surface area contributed by atoms with Crippen LogP contribution in [0.2, 0.25) is 0 Å². The molecule has 0 aliphatic heterocycles. The average Bonchev–Trinajstić information content (AvgIpc) is 2.95. The molecule has 4 rings (SSSR count). The van der Waals surface area contributed by atoms with Crippen LogP contribution >= 0.6 is 0 Å². The number of phenolic OH excluding ortho intramolecular Hbond substituents is 1. The molecule has 1 aromatic heterocycles. The molecule has 21 heavy (non-hydrogen) atoms. The minimum atomic E-state index is 0.00602. The molecule has 0 radical (unpaired) electrons. The molecular formula is C18H15NO2. The predicted octanol–water partition coefficient (Wildman–Crippen LogP) is 4.14. The Balaban J connectivity index is 2.26. The fourth-order valence-corrected chi connectivity index (χ4v) is 3.39. The lowest BCUT2D eigenvalue weighted by molar-refractivity contribution is 0.104. The topological polar surface area (TPSA) is 42.2 Å². The number of fused-ring (bicyclic) bond motifs is 5. The van der Waals surface area contributed by atoms with Gasteiger partial charge < -0.3 is 9.67 Å². The van der Waals surface area contributed by atoms with Crippen molar-refractivity contribution in [2.45, 2.75) is 19.9 Å². The van der Waals surface area contributed by atoms with E-state index in [0.29, 0.717) is 10.9 Å². The Hall–Kier alpha value is -2.55. The number of carbonyl (C=O) groups excluding carboxylic acids is 1. The van der Waals surface area contributed by atoms with E-state index >= 15 is 0 Å². The third-order valence-electron chi connectivity index (χ3n) is 4.18. The minimum absolute atomic E-state index is 0.00602. The molecule has 0 unspecified atom stereocenters. The maximum atomic E-state index is 12.8. The maximum Gasteiger partial charge on any atom is 0.196 e. The molecule has 3 aromatic rings. The van der Waals surface area contributed by atoms with Crippen molar-refractivity contribution in [3.05, 3.63) is 53.6 Å². The molecule has 0 fully saturated rings. The lowest BCUT2D eigenvalue weighted by Gasteiger charge is -2.14. The van der Waals surface area contributed by atoms with Gasteiger partial charge in [-0.05, 0) is 26.0 Å². The lowest BCUT2D eigenvalue weighted by atomic mass is 10.1. The van der Waals surface area contributed by atoms with E-state index in [2.05, 4.69) is 18.4 Å². The standard InChI is InChI=1S/C18H15NO2/c1-10(2)19-13-8-5-9-14(20)15(13)16-17(19)11-6-3-4-7-12(11)18(16)21/h3-10,20H,1-2H3. The summed E-state index contributed by atoms with van der Waals surface area (Å²) in [6.07, 6.45) is 0. The van der Waals surface area contributed by atoms with E-state index in [1.54, 1.807) is 6.07 Å². The van der Waals surface area contributed by atoms with E-state index in [9.17, 15) is 9.90 Å². The highest BCUT2D eigenvalue weighted by Gasteiger charge is 2.34. The van der Waals surface area contributed by atoms with Crippen molar-refractivity contribution in [2.75, 3.05) is 0 Å². The van der Waals surface area contributed by atoms with Crippen molar-refractivity contribution in [3.8, 4) is 17.0 Å². The fourth-order valence-electron chi connectivity index (χ4n) is 3.39. The SMILES string of the molecule is CC(C)n1c2c(c3c(O)cccc31)C(=O)c1ccccc1-2. The molecule has 1 aliphatic carbocycles. The van der Waals surface area contributed by atoms with Gasteiger partial charge in [0.2, 0.25) is 0 Å². The molecule has 3 heteroatoms. The molecule has 0 atom stereocenters. The Labute approximate surface area is 122 Å². The van der Waals surface area contributed by atoms with Crippen LogP contribution in [0.1, 0.15) is 35.8 Å². The zero-order valence-corrected chi connectivity index (χ0v) is 11.9. The summed E-state index contributed by atoms with van der Waals surface area (Å²) in [5, 5.41) is 10.9. The van der Waals surface area contributed by atoms with Gasteiger partial charge in [-0.2, -0.15) is 0 Å². The number of benzene rings is 2. The van der Waals surface area contributed by atoms with Gasteiger partial charge in [0.1, 0.15) is 5.75 Å². The molecule has 0 saturated heterocycles. The first-order valence-electron chi connectivity index (χ1n) is 7.11. The van der Waals surface area contributed by atoms with E-state index in [0.717, 1.165) is 22.3 Å². The van der Waals surface area contributed by atoms with E-state index in [-0.39, 0.29) is 17.6 Å². The normalized spacial score (nSPS) is 13.0. The molecule has 3 nitrogen and oxygen atoms in total. The van der Waals surface area contributed by atoms with E-state index in [1.165, 1.54) is 0 Å². The molecule has 0 amide bonds. The number of hydrogen-bond donors (Lipinski definition) is 1. The van der Waals surface area contributed by atoms with Crippen LogP contribution in [0, 0.1) is 0 Å². The second-order valence-electron chi connectivity index (χ2n) is 5.73. The first-order chi connectivity index (χ1) is 10.1. The van der Waals surface area contributed by atoms with Crippen LogP contribution < -0.4 is 0 Å². The number of ketones is 1. The van der Waals surface area contributed by atoms with Crippen LogP contribution in [0.5, 0.6) is 5.75 Å². The van der Waals surface area contributed by atoms with Crippen LogP contribution in [0.3, 0.4) is 0 Å². The summed E-state index contributed by atoms with van der Waals surface area (Å²) >= 11 is 0. The highest BCUT2D eigenvalue weighted by molar-refractivity contribution is 6.28. The molecular weight excluding hydrogens is 262 g/mol. The van der Waals surface area contributed by atoms with Gasteiger partial charge in [0.15, 0.2) is 5.78 Å². The van der Waals surface area contributed by atoms with Crippen molar-refractivity contribution >= 4 is 16.7 Å². The summed E-state index contributed by atoms with van der Waals surface area (Å²) < 4.78 is 2.15. The van der Waals surface area contributed by atoms with Gasteiger partial charge in [-0.25, -0.2) is 0 Å². The number of nitrogens with zero attached hydrogens (tertiary/aromatic N) is 1. The largest absolute Gasteiger partial charge is 0.507 e. The maximum absolute atomic E-state index is 12.8. The van der Waals surface area contributed by atoms with Gasteiger partial charge in [-0.3, -0.25) is 4.79 Å². The third kappa shape index (κ3) is 1.40. The zero-order valence-electron chi connectivity index (χ0n) is 11.9. The van der Waals surface area contributed by atoms with Crippen molar-refractivity contribution < 1.29 is 9.90 Å². The van der Waals surface area contributed by atoms with Crippen LogP contribution in [0.15, 0.2) is 42.5 Å². The monoisotopic (exact) mass is 277 g/mol. The zero-order chi connectivity index (χ0) is 14.7. The highest BCUT2D eigenvalue weighted by Crippen LogP contribution is 2.46. The first kappa shape index (κ1) is 12.2. The summed E-state index contributed by atoms with van der Waals surface area (Å²) in [5.41, 5.74) is 4.17. The van der Waals surface area contributed by atoms with E-state index in [4.69, 9.17) is 0 Å². The first-order valence-corrected chi connectivity index (χ1v) is 7.11. The molecule has 0 bridgehead atoms. The van der Waals surface area contributed by atoms with E-state index < -0.39 is 0 Å². The van der Waals surface area contributed by atoms with E-state index in [1.807, 2.05) is 36.4 Å². The van der Waals surface area contributed by atoms with Crippen molar-refractivity contribution in [3.63, 3.8) is 0 Å². The van der Waals surface area contributed by atoms with Gasteiger partial charge in [0.25, 0.3) is 0 Å². The van der Waals surface area contributed by atoms with Crippen molar-refractivity contribution in [2.24, 2.45) is 0 Å². The summed E-state index contributed by atoms with van der Waals surface area (Å²) in [7, 11) is 0. The van der Waals surface area contributed by atoms with Crippen LogP contribution in [-0.4, -0.2) is 15.5 Å². The Bertz CT molecular complexity index is 903. The van der Waals surface area contributed by atoms with Gasteiger partial charge >= 0.3 is 0 Å². The smallest absolute Gasteiger partial charge is 0.196 e.